The van der Waals surface area contributed by atoms with Crippen molar-refractivity contribution in [3.8, 4) is 0 Å². The molecule has 0 radical (unpaired) electrons. The normalized spacial score (nSPS) is 15.8. The Balaban J connectivity index is 1.97. The summed E-state index contributed by atoms with van der Waals surface area (Å²) in [5.41, 5.74) is 6.90. The Kier molecular flexibility index (Phi) is 5.22. The molecule has 0 saturated carbocycles. The van der Waals surface area contributed by atoms with Gasteiger partial charge in [0.1, 0.15) is 0 Å². The zero-order valence-corrected chi connectivity index (χ0v) is 13.6. The molecule has 3 N–H and O–H groups in total. The first-order chi connectivity index (χ1) is 10.0. The number of halogens is 1. The van der Waals surface area contributed by atoms with Gasteiger partial charge in [0.05, 0.1) is 5.56 Å². The van der Waals surface area contributed by atoms with Crippen molar-refractivity contribution in [3.05, 3.63) is 28.2 Å². The zero-order valence-electron chi connectivity index (χ0n) is 12.1. The summed E-state index contributed by atoms with van der Waals surface area (Å²) in [5, 5.41) is 2.98. The number of nitrogens with one attached hydrogen (secondary N) is 1. The van der Waals surface area contributed by atoms with Gasteiger partial charge in [0.2, 0.25) is 5.91 Å². The van der Waals surface area contributed by atoms with Gasteiger partial charge in [-0.25, -0.2) is 0 Å². The maximum atomic E-state index is 12.5. The molecule has 0 spiro atoms. The largest absolute Gasteiger partial charge is 0.398 e. The molecule has 5 nitrogen and oxygen atoms in total. The topological polar surface area (TPSA) is 75.4 Å². The van der Waals surface area contributed by atoms with Gasteiger partial charge in [0.15, 0.2) is 0 Å². The number of anilines is 1. The number of nitrogens with two attached hydrogens (primary N) is 1. The highest BCUT2D eigenvalue weighted by Crippen LogP contribution is 2.22. The molecule has 0 bridgehead atoms. The third-order valence-corrected chi connectivity index (χ3v) is 4.21. The molecule has 1 aromatic carbocycles. The van der Waals surface area contributed by atoms with Crippen molar-refractivity contribution in [1.29, 1.82) is 0 Å². The van der Waals surface area contributed by atoms with E-state index >= 15 is 0 Å². The summed E-state index contributed by atoms with van der Waals surface area (Å²) in [4.78, 5) is 25.7. The summed E-state index contributed by atoms with van der Waals surface area (Å²) >= 11 is 3.36. The number of carbonyl (C=O) groups excluding carboxylic acids is 2. The van der Waals surface area contributed by atoms with Crippen LogP contribution in [0.3, 0.4) is 0 Å². The van der Waals surface area contributed by atoms with Crippen LogP contribution in [-0.2, 0) is 4.79 Å². The van der Waals surface area contributed by atoms with E-state index in [9.17, 15) is 9.59 Å². The molecule has 1 aliphatic rings. The number of nitrogens with zero attached hydrogens (tertiary/aromatic N) is 1. The molecule has 114 valence electrons. The van der Waals surface area contributed by atoms with Crippen molar-refractivity contribution in [3.63, 3.8) is 0 Å². The summed E-state index contributed by atoms with van der Waals surface area (Å²) in [7, 11) is 0. The Morgan fingerprint density at radius 2 is 2.05 bits per heavy atom. The van der Waals surface area contributed by atoms with E-state index < -0.39 is 0 Å². The number of hydrogen-bond acceptors (Lipinski definition) is 3. The smallest absolute Gasteiger partial charge is 0.255 e. The fourth-order valence-electron chi connectivity index (χ4n) is 2.44. The minimum absolute atomic E-state index is 0.0472. The maximum absolute atomic E-state index is 12.5. The molecule has 2 amide bonds. The van der Waals surface area contributed by atoms with Crippen LogP contribution in [0.4, 0.5) is 5.69 Å². The fraction of sp³-hybridized carbons (Fsp3) is 0.467. The van der Waals surface area contributed by atoms with E-state index in [4.69, 9.17) is 5.73 Å². The predicted octanol–water partition coefficient (Wildman–Crippen LogP) is 2.16. The van der Waals surface area contributed by atoms with Crippen LogP contribution >= 0.6 is 15.9 Å². The molecule has 1 saturated heterocycles. The number of rotatable bonds is 3. The number of nitrogen functional groups attached to an aromatic ring is 1. The molecule has 1 fully saturated rings. The lowest BCUT2D eigenvalue weighted by atomic mass is 10.0. The number of likely N-dealkylation sites (tertiary alicyclic amines) is 1. The molecule has 0 unspecified atom stereocenters. The van der Waals surface area contributed by atoms with Gasteiger partial charge in [-0.2, -0.15) is 0 Å². The van der Waals surface area contributed by atoms with Crippen molar-refractivity contribution in [2.75, 3.05) is 18.8 Å². The van der Waals surface area contributed by atoms with Crippen LogP contribution in [0.25, 0.3) is 0 Å². The third-order valence-electron chi connectivity index (χ3n) is 3.71. The molecule has 1 aliphatic heterocycles. The number of piperidine rings is 1. The van der Waals surface area contributed by atoms with Gasteiger partial charge in [-0.1, -0.05) is 22.9 Å². The summed E-state index contributed by atoms with van der Waals surface area (Å²) in [6, 6.07) is 5.47. The van der Waals surface area contributed by atoms with Crippen LogP contribution in [0.2, 0.25) is 0 Å². The Labute approximate surface area is 133 Å². The molecular weight excluding hydrogens is 334 g/mol. The predicted molar refractivity (Wildman–Crippen MR) is 85.9 cm³/mol. The van der Waals surface area contributed by atoms with Crippen molar-refractivity contribution in [2.24, 2.45) is 0 Å². The minimum atomic E-state index is -0.0472. The number of amides is 2. The summed E-state index contributed by atoms with van der Waals surface area (Å²) < 4.78 is 0.838. The van der Waals surface area contributed by atoms with Crippen LogP contribution in [0.15, 0.2) is 22.7 Å². The number of carbonyl (C=O) groups is 2. The van der Waals surface area contributed by atoms with E-state index in [1.54, 1.807) is 17.0 Å². The fourth-order valence-corrected chi connectivity index (χ4v) is 2.80. The van der Waals surface area contributed by atoms with Crippen LogP contribution in [0.5, 0.6) is 0 Å². The quantitative estimate of drug-likeness (QED) is 0.817. The Hall–Kier alpha value is -1.56. The van der Waals surface area contributed by atoms with Crippen LogP contribution in [0, 0.1) is 0 Å². The van der Waals surface area contributed by atoms with Gasteiger partial charge in [0, 0.05) is 35.7 Å². The average molecular weight is 354 g/mol. The summed E-state index contributed by atoms with van der Waals surface area (Å²) in [6.45, 7) is 3.11. The molecule has 1 aromatic rings. The van der Waals surface area contributed by atoms with Gasteiger partial charge in [-0.3, -0.25) is 9.59 Å². The highest BCUT2D eigenvalue weighted by atomic mass is 79.9. The van der Waals surface area contributed by atoms with E-state index in [0.717, 1.165) is 17.3 Å². The number of hydrogen-bond donors (Lipinski definition) is 2. The first-order valence-corrected chi connectivity index (χ1v) is 7.94. The van der Waals surface area contributed by atoms with Gasteiger partial charge in [-0.15, -0.1) is 0 Å². The molecular formula is C15H20BrN3O2. The van der Waals surface area contributed by atoms with E-state index in [0.29, 0.717) is 30.8 Å². The van der Waals surface area contributed by atoms with Crippen LogP contribution in [0.1, 0.15) is 36.5 Å². The SMILES string of the molecule is CCC(=O)NC1CCN(C(=O)c2cc(Br)ccc2N)CC1. The van der Waals surface area contributed by atoms with Gasteiger partial charge < -0.3 is 16.0 Å². The van der Waals surface area contributed by atoms with E-state index in [-0.39, 0.29) is 17.9 Å². The van der Waals surface area contributed by atoms with E-state index in [1.165, 1.54) is 0 Å². The van der Waals surface area contributed by atoms with Gasteiger partial charge >= 0.3 is 0 Å². The van der Waals surface area contributed by atoms with Crippen LogP contribution in [-0.4, -0.2) is 35.8 Å². The van der Waals surface area contributed by atoms with E-state index in [2.05, 4.69) is 21.2 Å². The highest BCUT2D eigenvalue weighted by Gasteiger charge is 2.25. The molecule has 0 aliphatic carbocycles. The second-order valence-electron chi connectivity index (χ2n) is 5.22. The second-order valence-corrected chi connectivity index (χ2v) is 6.13. The molecule has 1 heterocycles. The van der Waals surface area contributed by atoms with Crippen LogP contribution < -0.4 is 11.1 Å². The van der Waals surface area contributed by atoms with Crippen molar-refractivity contribution >= 4 is 33.4 Å². The highest BCUT2D eigenvalue weighted by molar-refractivity contribution is 9.10. The Morgan fingerprint density at radius 3 is 2.67 bits per heavy atom. The first kappa shape index (κ1) is 15.8. The summed E-state index contributed by atoms with van der Waals surface area (Å²) in [5.74, 6) is 0.0186. The molecule has 0 aromatic heterocycles. The van der Waals surface area contributed by atoms with Gasteiger partial charge in [0.25, 0.3) is 5.91 Å². The molecule has 2 rings (SSSR count). The minimum Gasteiger partial charge on any atom is -0.398 e. The molecule has 6 heteroatoms. The molecule has 21 heavy (non-hydrogen) atoms. The Morgan fingerprint density at radius 1 is 1.38 bits per heavy atom. The maximum Gasteiger partial charge on any atom is 0.255 e. The van der Waals surface area contributed by atoms with Crippen molar-refractivity contribution in [1.82, 2.24) is 10.2 Å². The lowest BCUT2D eigenvalue weighted by Crippen LogP contribution is -2.46. The van der Waals surface area contributed by atoms with E-state index in [1.807, 2.05) is 13.0 Å². The monoisotopic (exact) mass is 353 g/mol. The summed E-state index contributed by atoms with van der Waals surface area (Å²) in [6.07, 6.45) is 2.06. The Bertz CT molecular complexity index is 540. The third kappa shape index (κ3) is 3.97. The standard InChI is InChI=1S/C15H20BrN3O2/c1-2-14(20)18-11-5-7-19(8-6-11)15(21)12-9-10(16)3-4-13(12)17/h3-4,9,11H,2,5-8,17H2,1H3,(H,18,20). The second kappa shape index (κ2) is 6.93. The van der Waals surface area contributed by atoms with Crippen molar-refractivity contribution < 1.29 is 9.59 Å². The molecule has 0 atom stereocenters. The van der Waals surface area contributed by atoms with Gasteiger partial charge in [-0.05, 0) is 31.0 Å². The lowest BCUT2D eigenvalue weighted by Gasteiger charge is -2.32. The first-order valence-electron chi connectivity index (χ1n) is 7.15. The zero-order chi connectivity index (χ0) is 15.4. The number of benzene rings is 1. The lowest BCUT2D eigenvalue weighted by molar-refractivity contribution is -0.121. The average Bonchev–Trinajstić information content (AvgIpc) is 2.49. The van der Waals surface area contributed by atoms with Crippen molar-refractivity contribution in [2.45, 2.75) is 32.2 Å².